The van der Waals surface area contributed by atoms with Crippen LogP contribution in [0.1, 0.15) is 36.6 Å². The maximum atomic E-state index is 4.71. The van der Waals surface area contributed by atoms with E-state index in [1.54, 1.807) is 6.20 Å². The molecule has 120 valence electrons. The molecule has 0 atom stereocenters. The van der Waals surface area contributed by atoms with Gasteiger partial charge in [0, 0.05) is 29.6 Å². The molecule has 0 saturated heterocycles. The summed E-state index contributed by atoms with van der Waals surface area (Å²) in [5, 5.41) is 8.50. The molecule has 1 aliphatic rings. The van der Waals surface area contributed by atoms with Gasteiger partial charge in [0.05, 0.1) is 17.8 Å². The number of benzene rings is 1. The smallest absolute Gasteiger partial charge is 0.157 e. The zero-order chi connectivity index (χ0) is 16.7. The van der Waals surface area contributed by atoms with E-state index < -0.39 is 0 Å². The lowest BCUT2D eigenvalue weighted by Crippen LogP contribution is -2.04. The summed E-state index contributed by atoms with van der Waals surface area (Å²) in [6.45, 7) is 6.82. The summed E-state index contributed by atoms with van der Waals surface area (Å²) in [5.41, 5.74) is 6.03. The quantitative estimate of drug-likeness (QED) is 0.745. The number of fused-ring (bicyclic) bond motifs is 1. The predicted molar refractivity (Wildman–Crippen MR) is 94.8 cm³/mol. The van der Waals surface area contributed by atoms with E-state index in [4.69, 9.17) is 4.99 Å². The molecule has 1 aromatic carbocycles. The highest BCUT2D eigenvalue weighted by Gasteiger charge is 2.17. The Labute approximate surface area is 140 Å². The van der Waals surface area contributed by atoms with E-state index in [1.165, 1.54) is 0 Å². The van der Waals surface area contributed by atoms with Crippen molar-refractivity contribution in [3.8, 4) is 0 Å². The van der Waals surface area contributed by atoms with Crippen LogP contribution in [-0.4, -0.2) is 38.1 Å². The molecule has 0 unspecified atom stereocenters. The maximum absolute atomic E-state index is 4.71. The summed E-state index contributed by atoms with van der Waals surface area (Å²) in [5.74, 6) is 0.751. The molecule has 1 aliphatic heterocycles. The second kappa shape index (κ2) is 5.63. The highest BCUT2D eigenvalue weighted by atomic mass is 15.4. The van der Waals surface area contributed by atoms with Crippen molar-refractivity contribution in [3.05, 3.63) is 53.3 Å². The van der Waals surface area contributed by atoms with Gasteiger partial charge in [-0.15, -0.1) is 5.10 Å². The van der Waals surface area contributed by atoms with Gasteiger partial charge in [-0.05, 0) is 44.5 Å². The molecule has 0 radical (unpaired) electrons. The van der Waals surface area contributed by atoms with E-state index in [1.807, 2.05) is 29.9 Å². The Morgan fingerprint density at radius 1 is 1.17 bits per heavy atom. The SMILES string of the molecule is Cc1ccncc1C1=NCC(c2ccc3c(c2)nnn3C(C)C)=N1. The standard InChI is InChI=1S/C18H18N6/c1-11(2)24-17-5-4-13(8-15(17)22-23-24)16-10-20-18(21-16)14-9-19-7-6-12(14)3/h4-9,11H,10H2,1-3H3. The molecule has 0 N–H and O–H groups in total. The molecule has 24 heavy (non-hydrogen) atoms. The minimum atomic E-state index is 0.285. The summed E-state index contributed by atoms with van der Waals surface area (Å²) in [4.78, 5) is 13.5. The first-order valence-corrected chi connectivity index (χ1v) is 8.02. The van der Waals surface area contributed by atoms with Crippen molar-refractivity contribution in [2.24, 2.45) is 9.98 Å². The van der Waals surface area contributed by atoms with Gasteiger partial charge in [0.15, 0.2) is 5.84 Å². The molecule has 3 heterocycles. The van der Waals surface area contributed by atoms with Crippen molar-refractivity contribution in [3.63, 3.8) is 0 Å². The topological polar surface area (TPSA) is 68.3 Å². The number of pyridine rings is 1. The fourth-order valence-electron chi connectivity index (χ4n) is 2.85. The molecule has 0 amide bonds. The average molecular weight is 318 g/mol. The maximum Gasteiger partial charge on any atom is 0.157 e. The van der Waals surface area contributed by atoms with Crippen molar-refractivity contribution in [1.82, 2.24) is 20.0 Å². The first-order chi connectivity index (χ1) is 11.6. The minimum absolute atomic E-state index is 0.285. The number of amidine groups is 1. The fourth-order valence-corrected chi connectivity index (χ4v) is 2.85. The van der Waals surface area contributed by atoms with E-state index in [0.29, 0.717) is 6.54 Å². The van der Waals surface area contributed by atoms with Crippen LogP contribution in [0.5, 0.6) is 0 Å². The number of aromatic nitrogens is 4. The summed E-state index contributed by atoms with van der Waals surface area (Å²) in [6.07, 6.45) is 3.60. The molecule has 0 fully saturated rings. The summed E-state index contributed by atoms with van der Waals surface area (Å²) >= 11 is 0. The molecule has 6 nitrogen and oxygen atoms in total. The lowest BCUT2D eigenvalue weighted by atomic mass is 10.1. The fraction of sp³-hybridized carbons (Fsp3) is 0.278. The summed E-state index contributed by atoms with van der Waals surface area (Å²) in [6, 6.07) is 8.42. The zero-order valence-corrected chi connectivity index (χ0v) is 13.9. The number of rotatable bonds is 3. The van der Waals surface area contributed by atoms with E-state index >= 15 is 0 Å². The van der Waals surface area contributed by atoms with Crippen LogP contribution < -0.4 is 0 Å². The molecular weight excluding hydrogens is 300 g/mol. The highest BCUT2D eigenvalue weighted by Crippen LogP contribution is 2.20. The van der Waals surface area contributed by atoms with Gasteiger partial charge in [-0.3, -0.25) is 9.98 Å². The molecule has 0 saturated carbocycles. The number of aryl methyl sites for hydroxylation is 1. The number of nitrogens with zero attached hydrogens (tertiary/aromatic N) is 6. The normalized spacial score (nSPS) is 14.3. The van der Waals surface area contributed by atoms with Crippen LogP contribution in [-0.2, 0) is 0 Å². The Hall–Kier alpha value is -2.89. The summed E-state index contributed by atoms with van der Waals surface area (Å²) < 4.78 is 1.93. The Morgan fingerprint density at radius 2 is 2.04 bits per heavy atom. The van der Waals surface area contributed by atoms with Gasteiger partial charge >= 0.3 is 0 Å². The lowest BCUT2D eigenvalue weighted by Gasteiger charge is -2.05. The Morgan fingerprint density at radius 3 is 2.83 bits per heavy atom. The third-order valence-electron chi connectivity index (χ3n) is 4.19. The van der Waals surface area contributed by atoms with Crippen LogP contribution >= 0.6 is 0 Å². The van der Waals surface area contributed by atoms with Gasteiger partial charge in [-0.1, -0.05) is 11.3 Å². The zero-order valence-electron chi connectivity index (χ0n) is 13.9. The summed E-state index contributed by atoms with van der Waals surface area (Å²) in [7, 11) is 0. The molecule has 3 aromatic rings. The van der Waals surface area contributed by atoms with E-state index in [9.17, 15) is 0 Å². The Bertz CT molecular complexity index is 980. The second-order valence-corrected chi connectivity index (χ2v) is 6.22. The predicted octanol–water partition coefficient (Wildman–Crippen LogP) is 2.97. The molecule has 4 rings (SSSR count). The van der Waals surface area contributed by atoms with Crippen molar-refractivity contribution < 1.29 is 0 Å². The Balaban J connectivity index is 1.69. The number of hydrogen-bond donors (Lipinski definition) is 0. The van der Waals surface area contributed by atoms with Gasteiger partial charge in [0.2, 0.25) is 0 Å². The third kappa shape index (κ3) is 2.40. The third-order valence-corrected chi connectivity index (χ3v) is 4.19. The molecule has 2 aromatic heterocycles. The molecule has 6 heteroatoms. The first kappa shape index (κ1) is 14.7. The monoisotopic (exact) mass is 318 g/mol. The van der Waals surface area contributed by atoms with Crippen molar-refractivity contribution in [2.45, 2.75) is 26.8 Å². The van der Waals surface area contributed by atoms with Gasteiger partial charge in [0.1, 0.15) is 5.52 Å². The Kier molecular flexibility index (Phi) is 3.45. The van der Waals surface area contributed by atoms with Crippen LogP contribution in [0, 0.1) is 6.92 Å². The van der Waals surface area contributed by atoms with Crippen LogP contribution in [0.3, 0.4) is 0 Å². The van der Waals surface area contributed by atoms with Crippen molar-refractivity contribution in [1.29, 1.82) is 0 Å². The molecule has 0 spiro atoms. The van der Waals surface area contributed by atoms with Gasteiger partial charge in [-0.25, -0.2) is 9.67 Å². The van der Waals surface area contributed by atoms with Crippen molar-refractivity contribution >= 4 is 22.6 Å². The lowest BCUT2D eigenvalue weighted by molar-refractivity contribution is 0.530. The number of aliphatic imine (C=N–C) groups is 2. The second-order valence-electron chi connectivity index (χ2n) is 6.22. The molecular formula is C18H18N6. The van der Waals surface area contributed by atoms with Gasteiger partial charge in [-0.2, -0.15) is 0 Å². The van der Waals surface area contributed by atoms with E-state index in [-0.39, 0.29) is 6.04 Å². The van der Waals surface area contributed by atoms with Crippen molar-refractivity contribution in [2.75, 3.05) is 6.54 Å². The van der Waals surface area contributed by atoms with Gasteiger partial charge in [0.25, 0.3) is 0 Å². The van der Waals surface area contributed by atoms with Crippen LogP contribution in [0.15, 0.2) is 46.6 Å². The molecule has 0 aliphatic carbocycles. The largest absolute Gasteiger partial charge is 0.264 e. The molecule has 0 bridgehead atoms. The number of hydrogen-bond acceptors (Lipinski definition) is 5. The van der Waals surface area contributed by atoms with Gasteiger partial charge < -0.3 is 0 Å². The van der Waals surface area contributed by atoms with E-state index in [0.717, 1.165) is 39.3 Å². The highest BCUT2D eigenvalue weighted by molar-refractivity contribution is 6.18. The first-order valence-electron chi connectivity index (χ1n) is 8.02. The minimum Gasteiger partial charge on any atom is -0.264 e. The van der Waals surface area contributed by atoms with Crippen LogP contribution in [0.4, 0.5) is 0 Å². The van der Waals surface area contributed by atoms with Crippen LogP contribution in [0.2, 0.25) is 0 Å². The average Bonchev–Trinajstić information content (AvgIpc) is 3.21. The van der Waals surface area contributed by atoms with Crippen LogP contribution in [0.25, 0.3) is 11.0 Å². The van der Waals surface area contributed by atoms with E-state index in [2.05, 4.69) is 46.3 Å².